The van der Waals surface area contributed by atoms with Gasteiger partial charge in [0.2, 0.25) is 5.91 Å². The molecule has 3 aromatic rings. The van der Waals surface area contributed by atoms with Crippen molar-refractivity contribution in [2.24, 2.45) is 5.92 Å². The number of rotatable bonds is 5. The Hall–Kier alpha value is -3.41. The van der Waals surface area contributed by atoms with E-state index in [-0.39, 0.29) is 29.6 Å². The molecule has 1 aromatic heterocycles. The van der Waals surface area contributed by atoms with E-state index in [1.54, 1.807) is 23.3 Å². The lowest BCUT2D eigenvalue weighted by atomic mass is 9.87. The molecule has 1 N–H and O–H groups in total. The maximum Gasteiger partial charge on any atom is 0.254 e. The van der Waals surface area contributed by atoms with E-state index in [2.05, 4.69) is 11.4 Å². The molecule has 0 bridgehead atoms. The third-order valence-electron chi connectivity index (χ3n) is 5.75. The number of nitrogens with one attached hydrogen (secondary N) is 1. The third kappa shape index (κ3) is 4.85. The summed E-state index contributed by atoms with van der Waals surface area (Å²) in [6.45, 7) is 2.64. The van der Waals surface area contributed by atoms with Crippen molar-refractivity contribution in [3.05, 3.63) is 95.2 Å². The molecule has 1 fully saturated rings. The lowest BCUT2D eigenvalue weighted by Gasteiger charge is -2.39. The summed E-state index contributed by atoms with van der Waals surface area (Å²) in [5.41, 5.74) is 2.57. The molecule has 6 heteroatoms. The molecule has 0 saturated carbocycles. The number of aryl methyl sites for hydroxylation is 1. The number of nitrogens with zero attached hydrogens (tertiary/aromatic N) is 1. The zero-order chi connectivity index (χ0) is 21.8. The average Bonchev–Trinajstić information content (AvgIpc) is 3.31. The summed E-state index contributed by atoms with van der Waals surface area (Å²) in [5.74, 6) is -0.326. The van der Waals surface area contributed by atoms with Crippen molar-refractivity contribution in [2.45, 2.75) is 32.4 Å². The van der Waals surface area contributed by atoms with Gasteiger partial charge in [0.05, 0.1) is 24.8 Å². The van der Waals surface area contributed by atoms with E-state index in [0.717, 1.165) is 11.1 Å². The first-order valence-electron chi connectivity index (χ1n) is 10.4. The number of hydrogen-bond acceptors (Lipinski definition) is 3. The zero-order valence-electron chi connectivity index (χ0n) is 17.4. The molecule has 0 unspecified atom stereocenters. The van der Waals surface area contributed by atoms with E-state index < -0.39 is 0 Å². The number of piperidine rings is 1. The number of benzene rings is 2. The minimum absolute atomic E-state index is 0.101. The highest BCUT2D eigenvalue weighted by Gasteiger charge is 2.36. The van der Waals surface area contributed by atoms with Gasteiger partial charge in [-0.1, -0.05) is 29.8 Å². The Morgan fingerprint density at radius 2 is 1.90 bits per heavy atom. The van der Waals surface area contributed by atoms with Crippen molar-refractivity contribution < 1.29 is 18.4 Å². The van der Waals surface area contributed by atoms with Gasteiger partial charge in [-0.3, -0.25) is 9.59 Å². The monoisotopic (exact) mass is 420 g/mol. The topological polar surface area (TPSA) is 62.6 Å². The Morgan fingerprint density at radius 1 is 1.10 bits per heavy atom. The van der Waals surface area contributed by atoms with Gasteiger partial charge >= 0.3 is 0 Å². The maximum absolute atomic E-state index is 13.4. The third-order valence-corrected chi connectivity index (χ3v) is 5.75. The van der Waals surface area contributed by atoms with Crippen LogP contribution in [0.1, 0.15) is 46.1 Å². The fourth-order valence-corrected chi connectivity index (χ4v) is 4.12. The second-order valence-electron chi connectivity index (χ2n) is 7.97. The molecular weight excluding hydrogens is 395 g/mol. The fraction of sp³-hybridized carbons (Fsp3) is 0.280. The van der Waals surface area contributed by atoms with Crippen LogP contribution in [0, 0.1) is 18.7 Å². The van der Waals surface area contributed by atoms with Gasteiger partial charge in [0.15, 0.2) is 0 Å². The van der Waals surface area contributed by atoms with E-state index in [1.165, 1.54) is 24.3 Å². The number of hydrogen-bond donors (Lipinski definition) is 1. The van der Waals surface area contributed by atoms with Crippen molar-refractivity contribution in [3.63, 3.8) is 0 Å². The Labute approximate surface area is 180 Å². The van der Waals surface area contributed by atoms with E-state index in [0.29, 0.717) is 37.3 Å². The van der Waals surface area contributed by atoms with Crippen molar-refractivity contribution in [2.75, 3.05) is 6.54 Å². The Bertz CT molecular complexity index is 1050. The number of halogens is 1. The van der Waals surface area contributed by atoms with Crippen molar-refractivity contribution >= 4 is 11.8 Å². The van der Waals surface area contributed by atoms with Crippen LogP contribution in [0.4, 0.5) is 4.39 Å². The molecule has 0 spiro atoms. The molecule has 2 amide bonds. The lowest BCUT2D eigenvalue weighted by molar-refractivity contribution is -0.127. The van der Waals surface area contributed by atoms with Crippen LogP contribution in [0.3, 0.4) is 0 Å². The van der Waals surface area contributed by atoms with Gasteiger partial charge in [0, 0.05) is 12.1 Å². The van der Waals surface area contributed by atoms with Gasteiger partial charge in [-0.05, 0) is 61.7 Å². The van der Waals surface area contributed by atoms with E-state index >= 15 is 0 Å². The summed E-state index contributed by atoms with van der Waals surface area (Å²) in [6.07, 6.45) is 2.92. The molecule has 1 aliphatic rings. The van der Waals surface area contributed by atoms with E-state index in [4.69, 9.17) is 4.42 Å². The first-order valence-corrected chi connectivity index (χ1v) is 10.4. The largest absolute Gasteiger partial charge is 0.467 e. The molecular formula is C25H25FN2O3. The van der Waals surface area contributed by atoms with Crippen molar-refractivity contribution in [3.8, 4) is 0 Å². The van der Waals surface area contributed by atoms with Gasteiger partial charge < -0.3 is 14.6 Å². The molecule has 4 rings (SSSR count). The maximum atomic E-state index is 13.4. The summed E-state index contributed by atoms with van der Waals surface area (Å²) < 4.78 is 18.6. The van der Waals surface area contributed by atoms with Crippen LogP contribution in [0.5, 0.6) is 0 Å². The first kappa shape index (κ1) is 20.8. The molecule has 2 heterocycles. The molecule has 31 heavy (non-hydrogen) atoms. The standard InChI is InChI=1S/C25H25FN2O3/c1-17-4-2-5-19(14-17)23-12-9-20(24(29)27-15-22-6-3-13-31-22)16-28(23)25(30)18-7-10-21(26)11-8-18/h2-8,10-11,13-14,20,23H,9,12,15-16H2,1H3,(H,27,29)/t20-,23-/m0/s1. The molecule has 1 aliphatic heterocycles. The average molecular weight is 420 g/mol. The van der Waals surface area contributed by atoms with Gasteiger partial charge in [-0.25, -0.2) is 4.39 Å². The van der Waals surface area contributed by atoms with E-state index in [9.17, 15) is 14.0 Å². The highest BCUT2D eigenvalue weighted by atomic mass is 19.1. The SMILES string of the molecule is Cc1cccc([C@@H]2CC[C@H](C(=O)NCc3ccco3)CN2C(=O)c2ccc(F)cc2)c1. The smallest absolute Gasteiger partial charge is 0.254 e. The van der Waals surface area contributed by atoms with Gasteiger partial charge in [0.25, 0.3) is 5.91 Å². The Balaban J connectivity index is 1.55. The lowest BCUT2D eigenvalue weighted by Crippen LogP contribution is -2.46. The molecule has 1 saturated heterocycles. The predicted octanol–water partition coefficient (Wildman–Crippen LogP) is 4.64. The van der Waals surface area contributed by atoms with Crippen molar-refractivity contribution in [1.29, 1.82) is 0 Å². The first-order chi connectivity index (χ1) is 15.0. The van der Waals surface area contributed by atoms with Crippen LogP contribution < -0.4 is 5.32 Å². The second-order valence-corrected chi connectivity index (χ2v) is 7.97. The van der Waals surface area contributed by atoms with Crippen LogP contribution in [-0.4, -0.2) is 23.3 Å². The molecule has 160 valence electrons. The number of furan rings is 1. The summed E-state index contributed by atoms with van der Waals surface area (Å²) >= 11 is 0. The van der Waals surface area contributed by atoms with Gasteiger partial charge in [-0.15, -0.1) is 0 Å². The molecule has 5 nitrogen and oxygen atoms in total. The van der Waals surface area contributed by atoms with Gasteiger partial charge in [-0.2, -0.15) is 0 Å². The van der Waals surface area contributed by atoms with Crippen molar-refractivity contribution in [1.82, 2.24) is 10.2 Å². The molecule has 0 aliphatic carbocycles. The highest BCUT2D eigenvalue weighted by molar-refractivity contribution is 5.95. The fourth-order valence-electron chi connectivity index (χ4n) is 4.12. The number of carbonyl (C=O) groups is 2. The second kappa shape index (κ2) is 9.16. The van der Waals surface area contributed by atoms with Crippen LogP contribution in [0.2, 0.25) is 0 Å². The number of likely N-dealkylation sites (tertiary alicyclic amines) is 1. The minimum Gasteiger partial charge on any atom is -0.467 e. The molecule has 0 radical (unpaired) electrons. The number of amides is 2. The minimum atomic E-state index is -0.388. The highest BCUT2D eigenvalue weighted by Crippen LogP contribution is 2.35. The summed E-state index contributed by atoms with van der Waals surface area (Å²) in [6, 6.07) is 17.1. The Morgan fingerprint density at radius 3 is 2.61 bits per heavy atom. The normalized spacial score (nSPS) is 18.6. The quantitative estimate of drug-likeness (QED) is 0.654. The summed E-state index contributed by atoms with van der Waals surface area (Å²) in [7, 11) is 0. The van der Waals surface area contributed by atoms with Crippen LogP contribution >= 0.6 is 0 Å². The van der Waals surface area contributed by atoms with E-state index in [1.807, 2.05) is 25.1 Å². The summed E-state index contributed by atoms with van der Waals surface area (Å²) in [5, 5.41) is 2.90. The zero-order valence-corrected chi connectivity index (χ0v) is 17.4. The predicted molar refractivity (Wildman–Crippen MR) is 115 cm³/mol. The van der Waals surface area contributed by atoms with Crippen LogP contribution in [0.15, 0.2) is 71.3 Å². The Kier molecular flexibility index (Phi) is 6.16. The molecule has 2 atom stereocenters. The van der Waals surface area contributed by atoms with Crippen LogP contribution in [-0.2, 0) is 11.3 Å². The van der Waals surface area contributed by atoms with Crippen LogP contribution in [0.25, 0.3) is 0 Å². The summed E-state index contributed by atoms with van der Waals surface area (Å²) in [4.78, 5) is 27.9. The van der Waals surface area contributed by atoms with Gasteiger partial charge in [0.1, 0.15) is 11.6 Å². The molecule has 2 aromatic carbocycles. The number of carbonyl (C=O) groups excluding carboxylic acids is 2.